The number of amides is 2. The highest BCUT2D eigenvalue weighted by atomic mass is 16.5. The van der Waals surface area contributed by atoms with Gasteiger partial charge in [-0.05, 0) is 53.9 Å². The molecule has 0 unspecified atom stereocenters. The lowest BCUT2D eigenvalue weighted by Crippen LogP contribution is -2.23. The van der Waals surface area contributed by atoms with Gasteiger partial charge in [-0.15, -0.1) is 0 Å². The highest BCUT2D eigenvalue weighted by molar-refractivity contribution is 6.02. The Bertz CT molecular complexity index is 981. The number of ether oxygens (including phenoxy) is 2. The maximum Gasteiger partial charge on any atom is 0.291 e. The van der Waals surface area contributed by atoms with Gasteiger partial charge in [-0.25, -0.2) is 0 Å². The van der Waals surface area contributed by atoms with Gasteiger partial charge >= 0.3 is 0 Å². The summed E-state index contributed by atoms with van der Waals surface area (Å²) in [5, 5.41) is 5.66. The van der Waals surface area contributed by atoms with Gasteiger partial charge in [-0.1, -0.05) is 18.2 Å². The summed E-state index contributed by atoms with van der Waals surface area (Å²) in [4.78, 5) is 24.1. The summed E-state index contributed by atoms with van der Waals surface area (Å²) < 4.78 is 15.6. The molecule has 0 saturated carbocycles. The zero-order chi connectivity index (χ0) is 21.3. The Balaban J connectivity index is 1.45. The Morgan fingerprint density at radius 1 is 0.933 bits per heavy atom. The lowest BCUT2D eigenvalue weighted by Gasteiger charge is -2.10. The first kappa shape index (κ1) is 21.0. The molecule has 3 rings (SSSR count). The van der Waals surface area contributed by atoms with E-state index in [0.29, 0.717) is 36.6 Å². The molecule has 0 spiro atoms. The molecule has 7 nitrogen and oxygen atoms in total. The van der Waals surface area contributed by atoms with Crippen molar-refractivity contribution < 1.29 is 23.5 Å². The Morgan fingerprint density at radius 2 is 1.67 bits per heavy atom. The molecule has 2 aromatic carbocycles. The molecular formula is C23H24N2O5. The molecule has 0 aliphatic rings. The van der Waals surface area contributed by atoms with E-state index in [2.05, 4.69) is 10.6 Å². The Kier molecular flexibility index (Phi) is 7.10. The first-order valence-corrected chi connectivity index (χ1v) is 9.50. The first-order chi connectivity index (χ1) is 14.6. The lowest BCUT2D eigenvalue weighted by atomic mass is 10.1. The number of benzene rings is 2. The minimum atomic E-state index is -0.309. The van der Waals surface area contributed by atoms with Gasteiger partial charge in [-0.2, -0.15) is 0 Å². The molecule has 2 N–H and O–H groups in total. The van der Waals surface area contributed by atoms with Crippen molar-refractivity contribution in [3.8, 4) is 11.5 Å². The Labute approximate surface area is 175 Å². The number of hydrogen-bond donors (Lipinski definition) is 2. The minimum absolute atomic E-state index is 0.0417. The molecule has 156 valence electrons. The van der Waals surface area contributed by atoms with Crippen LogP contribution in [0.4, 0.5) is 5.69 Å². The van der Waals surface area contributed by atoms with Crippen molar-refractivity contribution in [1.82, 2.24) is 5.32 Å². The summed E-state index contributed by atoms with van der Waals surface area (Å²) in [6.07, 6.45) is 2.42. The van der Waals surface area contributed by atoms with Crippen LogP contribution in [0, 0.1) is 0 Å². The number of aryl methyl sites for hydroxylation is 1. The zero-order valence-electron chi connectivity index (χ0n) is 16.9. The highest BCUT2D eigenvalue weighted by Crippen LogP contribution is 2.27. The van der Waals surface area contributed by atoms with Crippen molar-refractivity contribution in [1.29, 1.82) is 0 Å². The number of anilines is 1. The maximum atomic E-state index is 12.2. The Hall–Kier alpha value is -3.74. The van der Waals surface area contributed by atoms with Crippen LogP contribution < -0.4 is 20.1 Å². The monoisotopic (exact) mass is 408 g/mol. The third-order valence-electron chi connectivity index (χ3n) is 4.54. The number of furan rings is 1. The molecule has 0 atom stereocenters. The van der Waals surface area contributed by atoms with Crippen LogP contribution in [0.3, 0.4) is 0 Å². The fourth-order valence-corrected chi connectivity index (χ4v) is 2.89. The molecular weight excluding hydrogens is 384 g/mol. The quantitative estimate of drug-likeness (QED) is 0.562. The van der Waals surface area contributed by atoms with E-state index in [0.717, 1.165) is 11.1 Å². The predicted molar refractivity (Wildman–Crippen MR) is 113 cm³/mol. The van der Waals surface area contributed by atoms with Gasteiger partial charge < -0.3 is 24.5 Å². The molecule has 1 heterocycles. The molecule has 30 heavy (non-hydrogen) atoms. The van der Waals surface area contributed by atoms with Crippen LogP contribution in [0.5, 0.6) is 11.5 Å². The standard InChI is InChI=1S/C23H24N2O5/c1-28-19-11-7-16(14-21(19)29-2)8-12-22(26)24-15-17-5-9-18(10-6-17)25-23(27)20-4-3-13-30-20/h3-7,9-11,13-14H,8,12,15H2,1-2H3,(H,24,26)(H,25,27). The molecule has 0 bridgehead atoms. The van der Waals surface area contributed by atoms with Crippen molar-refractivity contribution in [2.75, 3.05) is 19.5 Å². The summed E-state index contributed by atoms with van der Waals surface area (Å²) in [6.45, 7) is 0.414. The number of carbonyl (C=O) groups is 2. The third-order valence-corrected chi connectivity index (χ3v) is 4.54. The van der Waals surface area contributed by atoms with E-state index in [1.807, 2.05) is 30.3 Å². The van der Waals surface area contributed by atoms with E-state index >= 15 is 0 Å². The van der Waals surface area contributed by atoms with Crippen LogP contribution >= 0.6 is 0 Å². The second kappa shape index (κ2) is 10.2. The van der Waals surface area contributed by atoms with Crippen molar-refractivity contribution >= 4 is 17.5 Å². The number of rotatable bonds is 9. The van der Waals surface area contributed by atoms with Gasteiger partial charge in [0.15, 0.2) is 17.3 Å². The average molecular weight is 408 g/mol. The van der Waals surface area contributed by atoms with Gasteiger partial charge in [0.1, 0.15) is 0 Å². The van der Waals surface area contributed by atoms with Gasteiger partial charge in [0.2, 0.25) is 5.91 Å². The lowest BCUT2D eigenvalue weighted by molar-refractivity contribution is -0.121. The summed E-state index contributed by atoms with van der Waals surface area (Å²) in [5.41, 5.74) is 2.59. The van der Waals surface area contributed by atoms with Crippen LogP contribution in [-0.2, 0) is 17.8 Å². The highest BCUT2D eigenvalue weighted by Gasteiger charge is 2.09. The fourth-order valence-electron chi connectivity index (χ4n) is 2.89. The van der Waals surface area contributed by atoms with Gasteiger partial charge in [-0.3, -0.25) is 9.59 Å². The van der Waals surface area contributed by atoms with E-state index in [9.17, 15) is 9.59 Å². The minimum Gasteiger partial charge on any atom is -0.493 e. The predicted octanol–water partition coefficient (Wildman–Crippen LogP) is 3.80. The number of methoxy groups -OCH3 is 2. The molecule has 0 saturated heterocycles. The summed E-state index contributed by atoms with van der Waals surface area (Å²) in [5.74, 6) is 1.21. The van der Waals surface area contributed by atoms with E-state index in [1.54, 1.807) is 38.5 Å². The van der Waals surface area contributed by atoms with Gasteiger partial charge in [0.05, 0.1) is 20.5 Å². The summed E-state index contributed by atoms with van der Waals surface area (Å²) in [6, 6.07) is 16.2. The van der Waals surface area contributed by atoms with E-state index in [-0.39, 0.29) is 17.6 Å². The first-order valence-electron chi connectivity index (χ1n) is 9.50. The molecule has 0 radical (unpaired) electrons. The van der Waals surface area contributed by atoms with Crippen molar-refractivity contribution in [3.05, 3.63) is 77.7 Å². The van der Waals surface area contributed by atoms with Crippen LogP contribution in [0.15, 0.2) is 65.3 Å². The number of carbonyl (C=O) groups excluding carboxylic acids is 2. The van der Waals surface area contributed by atoms with E-state index < -0.39 is 0 Å². The molecule has 7 heteroatoms. The topological polar surface area (TPSA) is 89.8 Å². The van der Waals surface area contributed by atoms with Crippen molar-refractivity contribution in [2.24, 2.45) is 0 Å². The number of nitrogens with one attached hydrogen (secondary N) is 2. The molecule has 1 aromatic heterocycles. The smallest absolute Gasteiger partial charge is 0.291 e. The van der Waals surface area contributed by atoms with Gasteiger partial charge in [0, 0.05) is 18.7 Å². The SMILES string of the molecule is COc1ccc(CCC(=O)NCc2ccc(NC(=O)c3ccco3)cc2)cc1OC. The molecule has 0 aliphatic heterocycles. The van der Waals surface area contributed by atoms with Crippen LogP contribution in [0.25, 0.3) is 0 Å². The van der Waals surface area contributed by atoms with Crippen LogP contribution in [0.2, 0.25) is 0 Å². The summed E-state index contributed by atoms with van der Waals surface area (Å²) in [7, 11) is 3.17. The second-order valence-corrected chi connectivity index (χ2v) is 6.59. The van der Waals surface area contributed by atoms with E-state index in [1.165, 1.54) is 6.26 Å². The molecule has 0 fully saturated rings. The largest absolute Gasteiger partial charge is 0.493 e. The summed E-state index contributed by atoms with van der Waals surface area (Å²) >= 11 is 0. The number of hydrogen-bond acceptors (Lipinski definition) is 5. The Morgan fingerprint density at radius 3 is 2.33 bits per heavy atom. The molecule has 3 aromatic rings. The zero-order valence-corrected chi connectivity index (χ0v) is 16.9. The average Bonchev–Trinajstić information content (AvgIpc) is 3.32. The maximum absolute atomic E-state index is 12.2. The fraction of sp³-hybridized carbons (Fsp3) is 0.217. The van der Waals surface area contributed by atoms with Crippen LogP contribution in [0.1, 0.15) is 28.1 Å². The van der Waals surface area contributed by atoms with Crippen molar-refractivity contribution in [3.63, 3.8) is 0 Å². The van der Waals surface area contributed by atoms with E-state index in [4.69, 9.17) is 13.9 Å². The van der Waals surface area contributed by atoms with Gasteiger partial charge in [0.25, 0.3) is 5.91 Å². The third kappa shape index (κ3) is 5.64. The molecule has 2 amide bonds. The normalized spacial score (nSPS) is 10.3. The molecule has 0 aliphatic carbocycles. The van der Waals surface area contributed by atoms with Crippen molar-refractivity contribution in [2.45, 2.75) is 19.4 Å². The van der Waals surface area contributed by atoms with Crippen LogP contribution in [-0.4, -0.2) is 26.0 Å². The second-order valence-electron chi connectivity index (χ2n) is 6.59.